The highest BCUT2D eigenvalue weighted by Gasteiger charge is 2.19. The van der Waals surface area contributed by atoms with Gasteiger partial charge in [-0.15, -0.1) is 0 Å². The summed E-state index contributed by atoms with van der Waals surface area (Å²) in [4.78, 5) is 17.6. The zero-order valence-corrected chi connectivity index (χ0v) is 17.4. The maximum Gasteiger partial charge on any atom is 0.204 e. The number of ketones is 1. The minimum absolute atomic E-state index is 0.126. The Morgan fingerprint density at radius 3 is 2.50 bits per heavy atom. The average molecular weight is 399 g/mol. The molecule has 5 nitrogen and oxygen atoms in total. The number of aryl methyl sites for hydroxylation is 1. The smallest absolute Gasteiger partial charge is 0.204 e. The molecule has 1 saturated heterocycles. The van der Waals surface area contributed by atoms with E-state index in [0.717, 1.165) is 42.9 Å². The fourth-order valence-corrected chi connectivity index (χ4v) is 3.91. The lowest BCUT2D eigenvalue weighted by molar-refractivity contribution is 0.0966. The molecule has 0 atom stereocenters. The first-order chi connectivity index (χ1) is 14.5. The number of rotatable bonds is 5. The van der Waals surface area contributed by atoms with Gasteiger partial charge in [0.2, 0.25) is 11.5 Å². The van der Waals surface area contributed by atoms with Crippen LogP contribution in [0, 0.1) is 18.3 Å². The van der Waals surface area contributed by atoms with Gasteiger partial charge in [-0.2, -0.15) is 5.26 Å². The second kappa shape index (κ2) is 8.56. The predicted octanol–water partition coefficient (Wildman–Crippen LogP) is 4.30. The van der Waals surface area contributed by atoms with Gasteiger partial charge in [0.15, 0.2) is 5.76 Å². The van der Waals surface area contributed by atoms with Crippen LogP contribution in [0.1, 0.15) is 27.4 Å². The molecule has 0 amide bonds. The topological polar surface area (TPSA) is 60.5 Å². The van der Waals surface area contributed by atoms with E-state index in [1.807, 2.05) is 18.2 Å². The number of hydrogen-bond donors (Lipinski definition) is 0. The summed E-state index contributed by atoms with van der Waals surface area (Å²) in [7, 11) is 2.15. The maximum atomic E-state index is 12.8. The van der Waals surface area contributed by atoms with Crippen molar-refractivity contribution in [3.63, 3.8) is 0 Å². The Kier molecular flexibility index (Phi) is 5.69. The molecule has 3 aromatic rings. The van der Waals surface area contributed by atoms with Crippen molar-refractivity contribution in [2.75, 3.05) is 38.1 Å². The number of piperazine rings is 1. The van der Waals surface area contributed by atoms with E-state index in [1.165, 1.54) is 17.3 Å². The second-order valence-corrected chi connectivity index (χ2v) is 7.82. The molecule has 0 radical (unpaired) electrons. The van der Waals surface area contributed by atoms with Gasteiger partial charge in [0.05, 0.1) is 0 Å². The van der Waals surface area contributed by atoms with Crippen molar-refractivity contribution in [3.8, 4) is 17.2 Å². The number of nitrogens with zero attached hydrogens (tertiary/aromatic N) is 3. The molecule has 152 valence electrons. The molecule has 5 heteroatoms. The number of anilines is 1. The van der Waals surface area contributed by atoms with Gasteiger partial charge < -0.3 is 14.2 Å². The van der Waals surface area contributed by atoms with Gasteiger partial charge in [0.25, 0.3) is 0 Å². The van der Waals surface area contributed by atoms with Crippen LogP contribution >= 0.6 is 0 Å². The molecule has 0 unspecified atom stereocenters. The average Bonchev–Trinajstić information content (AvgIpc) is 3.25. The SMILES string of the molecule is Cc1ccccc1-c1cc(N2CCN(C)CC2)ccc1CC(=O)c1ccc(C#N)o1. The summed E-state index contributed by atoms with van der Waals surface area (Å²) in [6.45, 7) is 6.16. The van der Waals surface area contributed by atoms with Crippen molar-refractivity contribution >= 4 is 11.5 Å². The van der Waals surface area contributed by atoms with Gasteiger partial charge in [0, 0.05) is 38.3 Å². The highest BCUT2D eigenvalue weighted by Crippen LogP contribution is 2.32. The summed E-state index contributed by atoms with van der Waals surface area (Å²) in [5.74, 6) is 0.256. The minimum Gasteiger partial charge on any atom is -0.442 e. The van der Waals surface area contributed by atoms with E-state index < -0.39 is 0 Å². The molecule has 0 spiro atoms. The first-order valence-electron chi connectivity index (χ1n) is 10.2. The Labute approximate surface area is 177 Å². The zero-order valence-electron chi connectivity index (χ0n) is 17.4. The number of carbonyl (C=O) groups excluding carboxylic acids is 1. The lowest BCUT2D eigenvalue weighted by Crippen LogP contribution is -2.44. The summed E-state index contributed by atoms with van der Waals surface area (Å²) < 4.78 is 5.34. The first kappa shape index (κ1) is 19.9. The van der Waals surface area contributed by atoms with E-state index in [0.29, 0.717) is 0 Å². The van der Waals surface area contributed by atoms with Crippen molar-refractivity contribution in [2.45, 2.75) is 13.3 Å². The Bertz CT molecular complexity index is 1100. The lowest BCUT2D eigenvalue weighted by Gasteiger charge is -2.34. The molecule has 30 heavy (non-hydrogen) atoms. The molecule has 0 saturated carbocycles. The molecule has 2 aromatic carbocycles. The van der Waals surface area contributed by atoms with E-state index >= 15 is 0 Å². The fourth-order valence-electron chi connectivity index (χ4n) is 3.91. The highest BCUT2D eigenvalue weighted by molar-refractivity contribution is 5.96. The highest BCUT2D eigenvalue weighted by atomic mass is 16.3. The summed E-state index contributed by atoms with van der Waals surface area (Å²) in [6.07, 6.45) is 0.227. The Morgan fingerprint density at radius 2 is 1.80 bits per heavy atom. The Hall–Kier alpha value is -3.36. The van der Waals surface area contributed by atoms with Crippen LogP contribution in [-0.2, 0) is 6.42 Å². The third kappa shape index (κ3) is 4.14. The molecule has 1 aliphatic heterocycles. The van der Waals surface area contributed by atoms with Crippen LogP contribution in [-0.4, -0.2) is 43.9 Å². The molecule has 2 heterocycles. The Balaban J connectivity index is 1.69. The number of carbonyl (C=O) groups is 1. The van der Waals surface area contributed by atoms with Crippen molar-refractivity contribution in [1.29, 1.82) is 5.26 Å². The predicted molar refractivity (Wildman–Crippen MR) is 118 cm³/mol. The van der Waals surface area contributed by atoms with Crippen LogP contribution in [0.3, 0.4) is 0 Å². The molecule has 1 aromatic heterocycles. The molecule has 0 aliphatic carbocycles. The minimum atomic E-state index is -0.126. The van der Waals surface area contributed by atoms with Gasteiger partial charge in [0.1, 0.15) is 6.07 Å². The van der Waals surface area contributed by atoms with Crippen LogP contribution in [0.2, 0.25) is 0 Å². The van der Waals surface area contributed by atoms with Gasteiger partial charge in [-0.3, -0.25) is 4.79 Å². The number of Topliss-reactive ketones (excluding diaryl/α,β-unsaturated/α-hetero) is 1. The van der Waals surface area contributed by atoms with E-state index in [9.17, 15) is 4.79 Å². The molecular formula is C25H25N3O2. The van der Waals surface area contributed by atoms with E-state index in [-0.39, 0.29) is 23.7 Å². The molecule has 0 bridgehead atoms. The van der Waals surface area contributed by atoms with E-state index in [1.54, 1.807) is 6.07 Å². The molecule has 1 aliphatic rings. The number of benzene rings is 2. The molecule has 0 N–H and O–H groups in total. The van der Waals surface area contributed by atoms with Crippen LogP contribution in [0.5, 0.6) is 0 Å². The Morgan fingerprint density at radius 1 is 1.03 bits per heavy atom. The van der Waals surface area contributed by atoms with Crippen LogP contribution in [0.15, 0.2) is 59.0 Å². The largest absolute Gasteiger partial charge is 0.442 e. The van der Waals surface area contributed by atoms with Crippen molar-refractivity contribution in [3.05, 3.63) is 77.2 Å². The third-order valence-corrected chi connectivity index (χ3v) is 5.74. The summed E-state index contributed by atoms with van der Waals surface area (Å²) in [6, 6.07) is 19.7. The number of likely N-dealkylation sites (N-methyl/N-ethyl adjacent to an activating group) is 1. The maximum absolute atomic E-state index is 12.8. The zero-order chi connectivity index (χ0) is 21.1. The number of nitriles is 1. The molecule has 1 fully saturated rings. The summed E-state index contributed by atoms with van der Waals surface area (Å²) >= 11 is 0. The van der Waals surface area contributed by atoms with E-state index in [4.69, 9.17) is 9.68 Å². The fraction of sp³-hybridized carbons (Fsp3) is 0.280. The number of hydrogen-bond acceptors (Lipinski definition) is 5. The summed E-state index contributed by atoms with van der Waals surface area (Å²) in [5, 5.41) is 8.95. The monoisotopic (exact) mass is 399 g/mol. The van der Waals surface area contributed by atoms with Gasteiger partial charge in [-0.05, 0) is 60.5 Å². The van der Waals surface area contributed by atoms with Crippen LogP contribution in [0.25, 0.3) is 11.1 Å². The van der Waals surface area contributed by atoms with Crippen molar-refractivity contribution in [2.24, 2.45) is 0 Å². The number of furan rings is 1. The lowest BCUT2D eigenvalue weighted by atomic mass is 9.92. The van der Waals surface area contributed by atoms with Crippen molar-refractivity contribution in [1.82, 2.24) is 4.90 Å². The van der Waals surface area contributed by atoms with Gasteiger partial charge in [-0.1, -0.05) is 30.3 Å². The van der Waals surface area contributed by atoms with Crippen molar-refractivity contribution < 1.29 is 9.21 Å². The normalized spacial score (nSPS) is 14.5. The standard InChI is InChI=1S/C25H25N3O2/c1-18-5-3-4-6-22(18)23-16-20(28-13-11-27(2)12-14-28)8-7-19(23)15-24(29)25-10-9-21(17-26)30-25/h3-10,16H,11-15H2,1-2H3. The second-order valence-electron chi connectivity index (χ2n) is 7.82. The molecular weight excluding hydrogens is 374 g/mol. The first-order valence-corrected chi connectivity index (χ1v) is 10.2. The van der Waals surface area contributed by atoms with Crippen LogP contribution < -0.4 is 4.90 Å². The van der Waals surface area contributed by atoms with E-state index in [2.05, 4.69) is 54.1 Å². The quantitative estimate of drug-likeness (QED) is 0.599. The van der Waals surface area contributed by atoms with Gasteiger partial charge >= 0.3 is 0 Å². The van der Waals surface area contributed by atoms with Gasteiger partial charge in [-0.25, -0.2) is 0 Å². The van der Waals surface area contributed by atoms with Crippen LogP contribution in [0.4, 0.5) is 5.69 Å². The third-order valence-electron chi connectivity index (χ3n) is 5.74. The molecule has 4 rings (SSSR count). The summed E-state index contributed by atoms with van der Waals surface area (Å²) in [5.41, 5.74) is 5.52.